The number of anilines is 1. The normalized spacial score (nSPS) is 10.3. The molecule has 0 aromatic carbocycles. The third kappa shape index (κ3) is 2.15. The Morgan fingerprint density at radius 3 is 2.73 bits per heavy atom. The van der Waals surface area contributed by atoms with E-state index in [0.29, 0.717) is 11.0 Å². The Morgan fingerprint density at radius 2 is 2.20 bits per heavy atom. The minimum absolute atomic E-state index is 0.0975. The predicted molar refractivity (Wildman–Crippen MR) is 53.7 cm³/mol. The van der Waals surface area contributed by atoms with E-state index in [4.69, 9.17) is 0 Å². The van der Waals surface area contributed by atoms with Crippen LogP contribution >= 0.6 is 11.3 Å². The van der Waals surface area contributed by atoms with Crippen molar-refractivity contribution in [2.24, 2.45) is 0 Å². The summed E-state index contributed by atoms with van der Waals surface area (Å²) < 4.78 is 0. The molecule has 2 aromatic rings. The maximum Gasteiger partial charge on any atom is 0.297 e. The first-order valence-electron chi connectivity index (χ1n) is 4.15. The number of carbonyl (C=O) groups excluding carboxylic acids is 1. The number of nitrogens with zero attached hydrogens (tertiary/aromatic N) is 4. The van der Waals surface area contributed by atoms with Gasteiger partial charge in [0.15, 0.2) is 0 Å². The van der Waals surface area contributed by atoms with Crippen molar-refractivity contribution in [3.05, 3.63) is 16.7 Å². The van der Waals surface area contributed by atoms with Crippen LogP contribution < -0.4 is 5.32 Å². The summed E-state index contributed by atoms with van der Waals surface area (Å²) in [5, 5.41) is 17.6. The standard InChI is InChI=1S/C7H8N6OS/c1-3-8-5(12-10-3)6(14)9-7-13-11-4(2)15-7/h1-2H3,(H,8,10,12)(H,9,13,14). The highest BCUT2D eigenvalue weighted by Crippen LogP contribution is 2.13. The second-order valence-corrected chi connectivity index (χ2v) is 4.01. The first kappa shape index (κ1) is 9.71. The van der Waals surface area contributed by atoms with Crippen LogP contribution in [0.5, 0.6) is 0 Å². The van der Waals surface area contributed by atoms with E-state index in [2.05, 4.69) is 30.7 Å². The maximum atomic E-state index is 11.5. The van der Waals surface area contributed by atoms with E-state index in [9.17, 15) is 4.79 Å². The molecule has 0 atom stereocenters. The summed E-state index contributed by atoms with van der Waals surface area (Å²) in [4.78, 5) is 15.4. The zero-order chi connectivity index (χ0) is 10.8. The number of aromatic amines is 1. The molecule has 0 saturated carbocycles. The van der Waals surface area contributed by atoms with E-state index in [1.165, 1.54) is 11.3 Å². The van der Waals surface area contributed by atoms with Crippen molar-refractivity contribution in [1.82, 2.24) is 25.4 Å². The molecule has 78 valence electrons. The number of hydrogen-bond donors (Lipinski definition) is 2. The Hall–Kier alpha value is -1.83. The molecule has 2 aromatic heterocycles. The molecule has 0 fully saturated rings. The summed E-state index contributed by atoms with van der Waals surface area (Å²) in [7, 11) is 0. The number of hydrogen-bond acceptors (Lipinski definition) is 6. The molecule has 0 bridgehead atoms. The van der Waals surface area contributed by atoms with Crippen LogP contribution in [0.15, 0.2) is 0 Å². The number of aryl methyl sites for hydroxylation is 2. The van der Waals surface area contributed by atoms with Gasteiger partial charge in [0.1, 0.15) is 10.8 Å². The van der Waals surface area contributed by atoms with Crippen LogP contribution in [0, 0.1) is 13.8 Å². The number of amides is 1. The molecule has 0 radical (unpaired) electrons. The lowest BCUT2D eigenvalue weighted by Gasteiger charge is -1.93. The Kier molecular flexibility index (Phi) is 2.42. The number of rotatable bonds is 2. The smallest absolute Gasteiger partial charge is 0.294 e. The molecule has 0 saturated heterocycles. The van der Waals surface area contributed by atoms with Crippen LogP contribution in [0.4, 0.5) is 5.13 Å². The quantitative estimate of drug-likeness (QED) is 0.775. The SMILES string of the molecule is Cc1nc(C(=O)Nc2nnc(C)s2)n[nH]1. The minimum Gasteiger partial charge on any atom is -0.294 e. The Labute approximate surface area is 89.0 Å². The Balaban J connectivity index is 2.10. The number of carbonyl (C=O) groups is 1. The molecular weight excluding hydrogens is 216 g/mol. The van der Waals surface area contributed by atoms with Gasteiger partial charge >= 0.3 is 0 Å². The van der Waals surface area contributed by atoms with Gasteiger partial charge < -0.3 is 0 Å². The van der Waals surface area contributed by atoms with Gasteiger partial charge in [0.2, 0.25) is 11.0 Å². The minimum atomic E-state index is -0.393. The van der Waals surface area contributed by atoms with Gasteiger partial charge in [-0.25, -0.2) is 4.98 Å². The molecule has 2 rings (SSSR count). The lowest BCUT2D eigenvalue weighted by molar-refractivity contribution is 0.101. The lowest BCUT2D eigenvalue weighted by atomic mass is 10.6. The van der Waals surface area contributed by atoms with Crippen LogP contribution in [0.25, 0.3) is 0 Å². The molecular formula is C7H8N6OS. The van der Waals surface area contributed by atoms with E-state index < -0.39 is 5.91 Å². The molecule has 8 heteroatoms. The third-order valence-electron chi connectivity index (χ3n) is 1.55. The highest BCUT2D eigenvalue weighted by atomic mass is 32.1. The van der Waals surface area contributed by atoms with Crippen LogP contribution in [-0.4, -0.2) is 31.3 Å². The third-order valence-corrected chi connectivity index (χ3v) is 2.30. The molecule has 0 unspecified atom stereocenters. The van der Waals surface area contributed by atoms with E-state index in [0.717, 1.165) is 5.01 Å². The largest absolute Gasteiger partial charge is 0.297 e. The first-order valence-corrected chi connectivity index (χ1v) is 4.97. The molecule has 1 amide bonds. The molecule has 2 N–H and O–H groups in total. The molecule has 0 spiro atoms. The van der Waals surface area contributed by atoms with Gasteiger partial charge in [-0.05, 0) is 13.8 Å². The molecule has 2 heterocycles. The average molecular weight is 224 g/mol. The van der Waals surface area contributed by atoms with Gasteiger partial charge in [-0.2, -0.15) is 0 Å². The van der Waals surface area contributed by atoms with E-state index in [-0.39, 0.29) is 5.82 Å². The second-order valence-electron chi connectivity index (χ2n) is 2.82. The van der Waals surface area contributed by atoms with E-state index >= 15 is 0 Å². The Bertz CT molecular complexity index is 489. The summed E-state index contributed by atoms with van der Waals surface area (Å²) in [5.74, 6) is 0.296. The van der Waals surface area contributed by atoms with E-state index in [1.54, 1.807) is 6.92 Å². The number of aromatic nitrogens is 5. The maximum absolute atomic E-state index is 11.5. The highest BCUT2D eigenvalue weighted by Gasteiger charge is 2.13. The topological polar surface area (TPSA) is 96.5 Å². The predicted octanol–water partition coefficient (Wildman–Crippen LogP) is 0.525. The zero-order valence-electron chi connectivity index (χ0n) is 8.11. The van der Waals surface area contributed by atoms with Gasteiger partial charge in [-0.1, -0.05) is 11.3 Å². The van der Waals surface area contributed by atoms with Gasteiger partial charge in [-0.3, -0.25) is 15.2 Å². The number of H-pyrrole nitrogens is 1. The summed E-state index contributed by atoms with van der Waals surface area (Å²) in [5.41, 5.74) is 0. The van der Waals surface area contributed by atoms with Crippen molar-refractivity contribution in [2.45, 2.75) is 13.8 Å². The fraction of sp³-hybridized carbons (Fsp3) is 0.286. The number of nitrogens with one attached hydrogen (secondary N) is 2. The molecule has 0 aliphatic carbocycles. The van der Waals surface area contributed by atoms with Crippen molar-refractivity contribution in [3.63, 3.8) is 0 Å². The molecule has 7 nitrogen and oxygen atoms in total. The monoisotopic (exact) mass is 224 g/mol. The van der Waals surface area contributed by atoms with E-state index in [1.807, 2.05) is 6.92 Å². The summed E-state index contributed by atoms with van der Waals surface area (Å²) in [6.07, 6.45) is 0. The van der Waals surface area contributed by atoms with Crippen LogP contribution in [-0.2, 0) is 0 Å². The van der Waals surface area contributed by atoms with Crippen LogP contribution in [0.2, 0.25) is 0 Å². The molecule has 15 heavy (non-hydrogen) atoms. The van der Waals surface area contributed by atoms with Crippen molar-refractivity contribution in [2.75, 3.05) is 5.32 Å². The fourth-order valence-corrected chi connectivity index (χ4v) is 1.53. The summed E-state index contributed by atoms with van der Waals surface area (Å²) in [6, 6.07) is 0. The van der Waals surface area contributed by atoms with Gasteiger partial charge in [0, 0.05) is 0 Å². The summed E-state index contributed by atoms with van der Waals surface area (Å²) >= 11 is 1.30. The van der Waals surface area contributed by atoms with Gasteiger partial charge in [0.05, 0.1) is 0 Å². The lowest BCUT2D eigenvalue weighted by Crippen LogP contribution is -2.13. The summed E-state index contributed by atoms with van der Waals surface area (Å²) in [6.45, 7) is 3.53. The van der Waals surface area contributed by atoms with Crippen LogP contribution in [0.1, 0.15) is 21.5 Å². The van der Waals surface area contributed by atoms with Gasteiger partial charge in [-0.15, -0.1) is 15.3 Å². The van der Waals surface area contributed by atoms with Crippen molar-refractivity contribution >= 4 is 22.4 Å². The molecule has 0 aliphatic rings. The average Bonchev–Trinajstić information content (AvgIpc) is 2.75. The second kappa shape index (κ2) is 3.73. The Morgan fingerprint density at radius 1 is 1.40 bits per heavy atom. The fourth-order valence-electron chi connectivity index (χ4n) is 0.944. The highest BCUT2D eigenvalue weighted by molar-refractivity contribution is 7.15. The first-order chi connectivity index (χ1) is 7.15. The van der Waals surface area contributed by atoms with Crippen LogP contribution in [0.3, 0.4) is 0 Å². The van der Waals surface area contributed by atoms with Crippen molar-refractivity contribution in [1.29, 1.82) is 0 Å². The molecule has 0 aliphatic heterocycles. The zero-order valence-corrected chi connectivity index (χ0v) is 8.92. The van der Waals surface area contributed by atoms with Gasteiger partial charge in [0.25, 0.3) is 5.91 Å². The van der Waals surface area contributed by atoms with Crippen molar-refractivity contribution < 1.29 is 4.79 Å². The van der Waals surface area contributed by atoms with Crippen molar-refractivity contribution in [3.8, 4) is 0 Å².